The molecule has 3 heterocycles. The van der Waals surface area contributed by atoms with Gasteiger partial charge in [-0.25, -0.2) is 4.57 Å². The van der Waals surface area contributed by atoms with Gasteiger partial charge in [-0.05, 0) is 90.8 Å². The standard InChI is InChI=1S/C61H80N10O10/c1-38(2)30-48(55(76)61(7)37-81-61)64-59(79)50(32-42-16-12-9-13-17-42)66-58(78)49(31-39(3)4)65-57(77)47(23-20-41-14-10-8-11-15-41)63-53(74)24-25-62-54(75)36-70-28-26-69(27-29-70)35-43-18-21-44(22-19-43)71-56(67-68-60(71)80)46-33-45(40(5)6)51(72)34-52(46)73/h8-19,21-22,33-34,38-40,47-50,72-73H,20,23-32,35-37H2,1-7H3,(H,62,75)(H,63,74)(H,64,79)(H,65,77)(H,66,78)(H,68,80). The van der Waals surface area contributed by atoms with Crippen molar-refractivity contribution in [1.82, 2.24) is 51.1 Å². The Bertz CT molecular complexity index is 2940. The number of ether oxygens (including phenoxy) is 1. The fourth-order valence-corrected chi connectivity index (χ4v) is 10.0. The van der Waals surface area contributed by atoms with Crippen molar-refractivity contribution >= 4 is 35.3 Å². The monoisotopic (exact) mass is 1110 g/mol. The predicted molar refractivity (Wildman–Crippen MR) is 306 cm³/mol. The molecule has 7 rings (SSSR count). The highest BCUT2D eigenvalue weighted by Gasteiger charge is 2.50. The molecule has 1 aromatic heterocycles. The summed E-state index contributed by atoms with van der Waals surface area (Å²) in [5, 5.41) is 54.2. The Morgan fingerprint density at radius 3 is 1.81 bits per heavy atom. The summed E-state index contributed by atoms with van der Waals surface area (Å²) in [6.07, 6.45) is 1.30. The van der Waals surface area contributed by atoms with E-state index in [2.05, 4.69) is 41.7 Å². The normalized spacial score (nSPS) is 17.0. The first kappa shape index (κ1) is 61.0. The van der Waals surface area contributed by atoms with E-state index in [1.165, 1.54) is 10.6 Å². The number of aromatic hydroxyl groups is 3. The summed E-state index contributed by atoms with van der Waals surface area (Å²) in [6, 6.07) is 24.8. The summed E-state index contributed by atoms with van der Waals surface area (Å²) in [6.45, 7) is 17.1. The van der Waals surface area contributed by atoms with Gasteiger partial charge in [0.25, 0.3) is 0 Å². The summed E-state index contributed by atoms with van der Waals surface area (Å²) in [7, 11) is 0. The van der Waals surface area contributed by atoms with Gasteiger partial charge in [0, 0.05) is 58.2 Å². The van der Waals surface area contributed by atoms with Gasteiger partial charge in [0.15, 0.2) is 11.6 Å². The van der Waals surface area contributed by atoms with E-state index in [0.717, 1.165) is 16.7 Å². The molecular weight excluding hydrogens is 1030 g/mol. The van der Waals surface area contributed by atoms with E-state index in [0.29, 0.717) is 62.4 Å². The number of nitrogens with zero attached hydrogens (tertiary/aromatic N) is 5. The lowest BCUT2D eigenvalue weighted by Gasteiger charge is -2.34. The topological polar surface area (TPSA) is 273 Å². The molecule has 0 aliphatic carbocycles. The average Bonchev–Trinajstić information content (AvgIpc) is 4.21. The third-order valence-electron chi connectivity index (χ3n) is 14.7. The van der Waals surface area contributed by atoms with Crippen molar-refractivity contribution < 1.29 is 48.8 Å². The van der Waals surface area contributed by atoms with Crippen LogP contribution in [0.1, 0.15) is 102 Å². The minimum absolute atomic E-state index is 0.0300. The lowest BCUT2D eigenvalue weighted by atomic mass is 9.93. The zero-order chi connectivity index (χ0) is 58.4. The first-order chi connectivity index (χ1) is 38.7. The third-order valence-corrected chi connectivity index (χ3v) is 14.7. The second kappa shape index (κ2) is 28.1. The number of ketones is 1. The molecule has 2 aliphatic rings. The van der Waals surface area contributed by atoms with Crippen LogP contribution in [0.25, 0.3) is 17.1 Å². The molecule has 4 aromatic carbocycles. The van der Waals surface area contributed by atoms with Crippen LogP contribution in [0.3, 0.4) is 0 Å². The number of carbonyl (C=O) groups is 6. The van der Waals surface area contributed by atoms with Crippen molar-refractivity contribution in [1.29, 1.82) is 0 Å². The van der Waals surface area contributed by atoms with E-state index in [9.17, 15) is 44.1 Å². The summed E-state index contributed by atoms with van der Waals surface area (Å²) in [4.78, 5) is 87.3. The molecule has 434 valence electrons. The van der Waals surface area contributed by atoms with Gasteiger partial charge in [0.05, 0.1) is 30.4 Å². The number of hydrogen-bond acceptors (Lipinski definition) is 14. The molecule has 2 saturated heterocycles. The number of Topliss-reactive ketones (excluding diaryl/α,β-unsaturated/α-hetero) is 1. The van der Waals surface area contributed by atoms with Crippen LogP contribution in [0.2, 0.25) is 0 Å². The molecule has 20 nitrogen and oxygen atoms in total. The molecule has 5 unspecified atom stereocenters. The highest BCUT2D eigenvalue weighted by molar-refractivity contribution is 5.99. The van der Waals surface area contributed by atoms with Gasteiger partial charge in [-0.1, -0.05) is 119 Å². The summed E-state index contributed by atoms with van der Waals surface area (Å²) >= 11 is 0. The number of nitrogens with one attached hydrogen (secondary N) is 5. The van der Waals surface area contributed by atoms with Gasteiger partial charge in [0.1, 0.15) is 35.2 Å². The number of carbonyl (C=O) groups excluding carboxylic acids is 6. The molecule has 0 bridgehead atoms. The molecular formula is C61H80N10O10. The number of amides is 5. The molecule has 8 N–H and O–H groups in total. The van der Waals surface area contributed by atoms with E-state index in [4.69, 9.17) is 4.74 Å². The highest BCUT2D eigenvalue weighted by Crippen LogP contribution is 2.39. The average molecular weight is 1110 g/mol. The Kier molecular flexibility index (Phi) is 21.2. The van der Waals surface area contributed by atoms with Crippen molar-refractivity contribution in [2.24, 2.45) is 11.8 Å². The third kappa shape index (κ3) is 17.4. The molecule has 5 amide bonds. The fraction of sp³-hybridized carbons (Fsp3) is 0.475. The van der Waals surface area contributed by atoms with E-state index < -0.39 is 53.4 Å². The number of phenolic OH excluding ortho intramolecular Hbond substituents is 2. The minimum Gasteiger partial charge on any atom is -0.508 e. The van der Waals surface area contributed by atoms with Crippen molar-refractivity contribution in [2.75, 3.05) is 45.9 Å². The van der Waals surface area contributed by atoms with E-state index in [-0.39, 0.29) is 98.2 Å². The van der Waals surface area contributed by atoms with Gasteiger partial charge in [0.2, 0.25) is 29.5 Å². The first-order valence-electron chi connectivity index (χ1n) is 28.1. The maximum absolute atomic E-state index is 14.3. The number of aryl methyl sites for hydroxylation is 1. The quantitative estimate of drug-likeness (QED) is 0.0304. The second-order valence-electron chi connectivity index (χ2n) is 22.7. The van der Waals surface area contributed by atoms with Gasteiger partial charge >= 0.3 is 6.01 Å². The van der Waals surface area contributed by atoms with Crippen LogP contribution in [0.15, 0.2) is 97.1 Å². The fourth-order valence-electron chi connectivity index (χ4n) is 10.0. The number of rotatable bonds is 28. The molecule has 5 atom stereocenters. The van der Waals surface area contributed by atoms with Crippen molar-refractivity contribution in [3.05, 3.63) is 119 Å². The molecule has 0 spiro atoms. The second-order valence-corrected chi connectivity index (χ2v) is 22.7. The number of phenols is 2. The van der Waals surface area contributed by atoms with E-state index in [1.807, 2.05) is 131 Å². The van der Waals surface area contributed by atoms with Gasteiger partial charge < -0.3 is 46.6 Å². The summed E-state index contributed by atoms with van der Waals surface area (Å²) < 4.78 is 6.88. The molecule has 2 aliphatic heterocycles. The summed E-state index contributed by atoms with van der Waals surface area (Å²) in [5.74, 6) is -2.63. The lowest BCUT2D eigenvalue weighted by Crippen LogP contribution is -2.59. The molecule has 5 aromatic rings. The molecule has 20 heteroatoms. The van der Waals surface area contributed by atoms with Crippen LogP contribution >= 0.6 is 0 Å². The zero-order valence-electron chi connectivity index (χ0n) is 47.6. The number of piperazine rings is 1. The Hall–Kier alpha value is -7.68. The number of hydrogen-bond donors (Lipinski definition) is 8. The smallest absolute Gasteiger partial charge is 0.319 e. The van der Waals surface area contributed by atoms with Gasteiger partial charge in [-0.15, -0.1) is 5.10 Å². The Labute approximate surface area is 474 Å². The molecule has 81 heavy (non-hydrogen) atoms. The van der Waals surface area contributed by atoms with Crippen molar-refractivity contribution in [2.45, 2.75) is 129 Å². The number of benzene rings is 4. The Balaban J connectivity index is 0.908. The van der Waals surface area contributed by atoms with Crippen LogP contribution in [0.4, 0.5) is 0 Å². The van der Waals surface area contributed by atoms with Crippen molar-refractivity contribution in [3.8, 4) is 34.6 Å². The van der Waals surface area contributed by atoms with Crippen LogP contribution in [-0.4, -0.2) is 151 Å². The first-order valence-corrected chi connectivity index (χ1v) is 28.1. The Morgan fingerprint density at radius 2 is 1.20 bits per heavy atom. The van der Waals surface area contributed by atoms with E-state index in [1.54, 1.807) is 13.0 Å². The lowest BCUT2D eigenvalue weighted by molar-refractivity contribution is -0.135. The largest absolute Gasteiger partial charge is 0.508 e. The number of aromatic nitrogens is 3. The maximum atomic E-state index is 14.3. The van der Waals surface area contributed by atoms with Crippen LogP contribution in [-0.2, 0) is 52.9 Å². The van der Waals surface area contributed by atoms with Crippen LogP contribution in [0, 0.1) is 11.8 Å². The van der Waals surface area contributed by atoms with Gasteiger partial charge in [-0.2, -0.15) is 0 Å². The van der Waals surface area contributed by atoms with Crippen LogP contribution in [0.5, 0.6) is 17.5 Å². The minimum atomic E-state index is -1.09. The van der Waals surface area contributed by atoms with Crippen LogP contribution < -0.4 is 26.6 Å². The predicted octanol–water partition coefficient (Wildman–Crippen LogP) is 5.06. The van der Waals surface area contributed by atoms with Gasteiger partial charge in [-0.3, -0.25) is 38.6 Å². The molecule has 0 radical (unpaired) electrons. The maximum Gasteiger partial charge on any atom is 0.319 e. The Morgan fingerprint density at radius 1 is 0.630 bits per heavy atom. The SMILES string of the molecule is CC(C)CC(NC(=O)C(CCc1ccccc1)NC(=O)CCNC(=O)CN1CCN(Cc2ccc(-n3c(O)nnc3-c3cc(C(C)C)c(O)cc3O)cc2)CC1)C(=O)NC(Cc1ccccc1)C(=O)NC(CC(C)C)C(=O)C1(C)CO1. The highest BCUT2D eigenvalue weighted by atomic mass is 16.6. The van der Waals surface area contributed by atoms with E-state index >= 15 is 0 Å². The molecule has 2 fully saturated rings. The molecule has 0 saturated carbocycles. The van der Waals surface area contributed by atoms with Crippen molar-refractivity contribution in [3.63, 3.8) is 0 Å². The number of epoxide rings is 1. The zero-order valence-corrected chi connectivity index (χ0v) is 47.6. The summed E-state index contributed by atoms with van der Waals surface area (Å²) in [5.41, 5.74) is 3.31.